The van der Waals surface area contributed by atoms with E-state index in [-0.39, 0.29) is 0 Å². The lowest BCUT2D eigenvalue weighted by Crippen LogP contribution is -2.20. The van der Waals surface area contributed by atoms with Crippen LogP contribution in [0.3, 0.4) is 0 Å². The van der Waals surface area contributed by atoms with Crippen molar-refractivity contribution in [1.29, 1.82) is 0 Å². The Morgan fingerprint density at radius 1 is 1.62 bits per heavy atom. The van der Waals surface area contributed by atoms with Crippen molar-refractivity contribution in [3.05, 3.63) is 0 Å². The quantitative estimate of drug-likeness (QED) is 0.396. The van der Waals surface area contributed by atoms with Crippen molar-refractivity contribution in [2.75, 3.05) is 6.54 Å². The molecule has 1 N–H and O–H groups in total. The first-order chi connectivity index (χ1) is 3.70. The molecule has 0 unspecified atom stereocenters. The maximum atomic E-state index is 4.78. The lowest BCUT2D eigenvalue weighted by atomic mass is 10.7. The molecule has 0 aliphatic carbocycles. The van der Waals surface area contributed by atoms with Crippen LogP contribution < -0.4 is 5.32 Å². The topological polar surface area (TPSA) is 15.3 Å². The van der Waals surface area contributed by atoms with Gasteiger partial charge in [-0.05, 0) is 12.2 Å². The highest BCUT2D eigenvalue weighted by atomic mass is 32.1. The minimum absolute atomic E-state index is 0.596. The molecule has 1 heterocycles. The van der Waals surface area contributed by atoms with E-state index in [9.17, 15) is 0 Å². The molecule has 1 rings (SSSR count). The van der Waals surface area contributed by atoms with Gasteiger partial charge in [0.25, 0.3) is 0 Å². The van der Waals surface area contributed by atoms with Crippen molar-refractivity contribution in [1.82, 2.24) is 9.62 Å². The van der Waals surface area contributed by atoms with Crippen LogP contribution in [0, 0.1) is 0 Å². The van der Waals surface area contributed by atoms with Gasteiger partial charge in [-0.25, -0.2) is 0 Å². The number of hydrogen-bond acceptors (Lipinski definition) is 3. The van der Waals surface area contributed by atoms with Gasteiger partial charge >= 0.3 is 0 Å². The lowest BCUT2D eigenvalue weighted by molar-refractivity contribution is 0.837. The normalized spacial score (nSPS) is 19.4. The highest BCUT2D eigenvalue weighted by Gasteiger charge is 2.16. The third-order valence-electron chi connectivity index (χ3n) is 0.774. The molecule has 8 heavy (non-hydrogen) atoms. The van der Waals surface area contributed by atoms with Crippen molar-refractivity contribution in [3.63, 3.8) is 0 Å². The average molecular weight is 164 g/mol. The zero-order chi connectivity index (χ0) is 6.15. The molecule has 0 aromatic rings. The molecule has 0 aromatic heterocycles. The van der Waals surface area contributed by atoms with Crippen LogP contribution in [0.1, 0.15) is 0 Å². The predicted molar refractivity (Wildman–Crippen MR) is 44.0 cm³/mol. The molecule has 0 atom stereocenters. The second-order valence-electron chi connectivity index (χ2n) is 1.41. The molecule has 0 aromatic carbocycles. The van der Waals surface area contributed by atoms with Gasteiger partial charge in [0.15, 0.2) is 5.11 Å². The van der Waals surface area contributed by atoms with Gasteiger partial charge < -0.3 is 5.32 Å². The highest BCUT2D eigenvalue weighted by molar-refractivity contribution is 7.85. The average Bonchev–Trinajstić information content (AvgIpc) is 1.85. The van der Waals surface area contributed by atoms with Gasteiger partial charge in [-0.15, -0.1) is 0 Å². The van der Waals surface area contributed by atoms with Crippen LogP contribution in [-0.4, -0.2) is 21.0 Å². The Kier molecular flexibility index (Phi) is 1.69. The Hall–Kier alpha value is 0.130. The Labute approximate surface area is 63.8 Å². The van der Waals surface area contributed by atoms with Crippen molar-refractivity contribution < 1.29 is 0 Å². The van der Waals surface area contributed by atoms with E-state index in [2.05, 4.69) is 18.1 Å². The van der Waals surface area contributed by atoms with Gasteiger partial charge in [-0.2, -0.15) is 0 Å². The number of rotatable bonds is 0. The molecule has 0 radical (unpaired) electrons. The first-order valence-electron chi connectivity index (χ1n) is 2.00. The summed E-state index contributed by atoms with van der Waals surface area (Å²) in [6, 6.07) is 0. The summed E-state index contributed by atoms with van der Waals surface area (Å²) in [7, 11) is 0. The second-order valence-corrected chi connectivity index (χ2v) is 2.77. The largest absolute Gasteiger partial charge is 0.325 e. The Morgan fingerprint density at radius 3 is 2.38 bits per heavy atom. The molecule has 1 aliphatic rings. The van der Waals surface area contributed by atoms with Gasteiger partial charge in [0, 0.05) is 0 Å². The molecule has 1 saturated heterocycles. The Balaban J connectivity index is 2.64. The van der Waals surface area contributed by atoms with E-state index in [4.69, 9.17) is 24.4 Å². The number of thiol groups is 1. The van der Waals surface area contributed by atoms with Gasteiger partial charge in [0.05, 0.1) is 6.54 Å². The van der Waals surface area contributed by atoms with Gasteiger partial charge in [-0.1, -0.05) is 25.0 Å². The van der Waals surface area contributed by atoms with Crippen molar-refractivity contribution >= 4 is 47.4 Å². The second kappa shape index (κ2) is 2.16. The molecule has 0 amide bonds. The summed E-state index contributed by atoms with van der Waals surface area (Å²) in [5.74, 6) is 0. The minimum atomic E-state index is 0.596. The summed E-state index contributed by atoms with van der Waals surface area (Å²) in [5.41, 5.74) is 0. The van der Waals surface area contributed by atoms with Crippen LogP contribution in [-0.2, 0) is 0 Å². The smallest absolute Gasteiger partial charge is 0.184 e. The first-order valence-corrected chi connectivity index (χ1v) is 3.22. The van der Waals surface area contributed by atoms with Crippen molar-refractivity contribution in [2.24, 2.45) is 0 Å². The molecular formula is C3H4N2S3. The first kappa shape index (κ1) is 6.25. The van der Waals surface area contributed by atoms with Crippen LogP contribution in [0.4, 0.5) is 0 Å². The molecule has 5 heteroatoms. The molecular weight excluding hydrogens is 160 g/mol. The monoisotopic (exact) mass is 164 g/mol. The van der Waals surface area contributed by atoms with E-state index < -0.39 is 0 Å². The summed E-state index contributed by atoms with van der Waals surface area (Å²) in [5, 5.41) is 3.37. The standard InChI is InChI=1S/C3H4N2S3/c6-2-1-5(8)3(7)4-2/h8H,1H2,(H,4,6,7). The van der Waals surface area contributed by atoms with Crippen molar-refractivity contribution in [3.8, 4) is 0 Å². The van der Waals surface area contributed by atoms with Crippen LogP contribution in [0.15, 0.2) is 0 Å². The third-order valence-corrected chi connectivity index (χ3v) is 1.80. The Morgan fingerprint density at radius 2 is 2.25 bits per heavy atom. The van der Waals surface area contributed by atoms with E-state index in [1.54, 1.807) is 4.31 Å². The summed E-state index contributed by atoms with van der Waals surface area (Å²) >= 11 is 13.5. The zero-order valence-electron chi connectivity index (χ0n) is 3.92. The summed E-state index contributed by atoms with van der Waals surface area (Å²) in [6.07, 6.45) is 0. The third kappa shape index (κ3) is 1.10. The zero-order valence-corrected chi connectivity index (χ0v) is 6.45. The fourth-order valence-corrected chi connectivity index (χ4v) is 1.20. The Bertz CT molecular complexity index is 143. The van der Waals surface area contributed by atoms with Gasteiger partial charge in [0.2, 0.25) is 0 Å². The number of nitrogens with one attached hydrogen (secondary N) is 1. The molecule has 0 bridgehead atoms. The number of hydrogen-bond donors (Lipinski definition) is 2. The van der Waals surface area contributed by atoms with Gasteiger partial charge in [-0.3, -0.25) is 4.31 Å². The fourth-order valence-electron chi connectivity index (χ4n) is 0.431. The molecule has 0 saturated carbocycles. The van der Waals surface area contributed by atoms with Crippen molar-refractivity contribution in [2.45, 2.75) is 0 Å². The van der Waals surface area contributed by atoms with E-state index >= 15 is 0 Å². The van der Waals surface area contributed by atoms with Crippen LogP contribution in [0.5, 0.6) is 0 Å². The van der Waals surface area contributed by atoms with E-state index in [1.165, 1.54) is 0 Å². The molecule has 0 spiro atoms. The van der Waals surface area contributed by atoms with Crippen LogP contribution >= 0.6 is 37.3 Å². The maximum Gasteiger partial charge on any atom is 0.184 e. The van der Waals surface area contributed by atoms with E-state index in [1.807, 2.05) is 0 Å². The maximum absolute atomic E-state index is 4.78. The fraction of sp³-hybridized carbons (Fsp3) is 0.333. The molecule has 2 nitrogen and oxygen atoms in total. The van der Waals surface area contributed by atoms with Gasteiger partial charge in [0.1, 0.15) is 4.99 Å². The predicted octanol–water partition coefficient (Wildman–Crippen LogP) is 0.349. The minimum Gasteiger partial charge on any atom is -0.325 e. The number of nitrogens with zero attached hydrogens (tertiary/aromatic N) is 1. The van der Waals surface area contributed by atoms with Crippen LogP contribution in [0.2, 0.25) is 0 Å². The SMILES string of the molecule is S=C1CN(S)C(=S)N1. The number of thiocarbonyl (C=S) groups is 2. The molecule has 1 aliphatic heterocycles. The molecule has 44 valence electrons. The summed E-state index contributed by atoms with van der Waals surface area (Å²) in [6.45, 7) is 0.636. The lowest BCUT2D eigenvalue weighted by Gasteiger charge is -2.02. The van der Waals surface area contributed by atoms with Crippen LogP contribution in [0.25, 0.3) is 0 Å². The molecule has 1 fully saturated rings. The van der Waals surface area contributed by atoms with E-state index in [0.29, 0.717) is 11.7 Å². The summed E-state index contributed by atoms with van der Waals surface area (Å²) in [4.78, 5) is 0.741. The summed E-state index contributed by atoms with van der Waals surface area (Å²) < 4.78 is 1.59. The highest BCUT2D eigenvalue weighted by Crippen LogP contribution is 2.01. The van der Waals surface area contributed by atoms with E-state index in [0.717, 1.165) is 4.99 Å².